The summed E-state index contributed by atoms with van der Waals surface area (Å²) in [5, 5.41) is 2.89. The average Bonchev–Trinajstić information content (AvgIpc) is 1.81. The first kappa shape index (κ1) is 15.7. The van der Waals surface area contributed by atoms with Gasteiger partial charge in [0.15, 0.2) is 0 Å². The van der Waals surface area contributed by atoms with E-state index < -0.39 is 0 Å². The largest absolute Gasteiger partial charge is 0.336 e. The highest BCUT2D eigenvalue weighted by Gasteiger charge is 2.19. The summed E-state index contributed by atoms with van der Waals surface area (Å²) in [6.07, 6.45) is 0. The molecule has 0 fully saturated rings. The van der Waals surface area contributed by atoms with Crippen LogP contribution in [-0.2, 0) is 0 Å². The average molecular weight is 206 g/mol. The highest BCUT2D eigenvalue weighted by molar-refractivity contribution is 5.75. The van der Waals surface area contributed by atoms with Crippen molar-refractivity contribution in [2.24, 2.45) is 0 Å². The van der Waals surface area contributed by atoms with Gasteiger partial charge in [-0.05, 0) is 41.5 Å². The third kappa shape index (κ3) is 5.04. The van der Waals surface area contributed by atoms with Gasteiger partial charge in [0.25, 0.3) is 0 Å². The van der Waals surface area contributed by atoms with Crippen molar-refractivity contribution in [3.8, 4) is 0 Å². The van der Waals surface area contributed by atoms with Crippen LogP contribution in [0.5, 0.6) is 0 Å². The van der Waals surface area contributed by atoms with E-state index >= 15 is 0 Å². The van der Waals surface area contributed by atoms with Gasteiger partial charge in [-0.3, -0.25) is 4.70 Å². The zero-order valence-electron chi connectivity index (χ0n) is 10.00. The molecule has 0 saturated heterocycles. The molecule has 14 heavy (non-hydrogen) atoms. The Hall–Kier alpha value is -0.800. The van der Waals surface area contributed by atoms with E-state index in [9.17, 15) is 4.79 Å². The fourth-order valence-electron chi connectivity index (χ4n) is 1.39. The van der Waals surface area contributed by atoms with Crippen molar-refractivity contribution in [2.75, 3.05) is 0 Å². The van der Waals surface area contributed by atoms with Crippen LogP contribution in [0.4, 0.5) is 9.50 Å². The van der Waals surface area contributed by atoms with Gasteiger partial charge in [-0.2, -0.15) is 0 Å². The third-order valence-electron chi connectivity index (χ3n) is 1.76. The number of hydrogen-bond acceptors (Lipinski definition) is 1. The van der Waals surface area contributed by atoms with Gasteiger partial charge in [0, 0.05) is 18.1 Å². The van der Waals surface area contributed by atoms with Crippen LogP contribution >= 0.6 is 0 Å². The second-order valence-electron chi connectivity index (χ2n) is 4.20. The van der Waals surface area contributed by atoms with E-state index in [1.165, 1.54) is 0 Å². The number of nitrogens with zero attached hydrogens (tertiary/aromatic N) is 1. The summed E-state index contributed by atoms with van der Waals surface area (Å²) in [6.45, 7) is 12.0. The van der Waals surface area contributed by atoms with Crippen molar-refractivity contribution >= 4 is 6.03 Å². The highest BCUT2D eigenvalue weighted by atomic mass is 19.0. The summed E-state index contributed by atoms with van der Waals surface area (Å²) < 4.78 is 0. The maximum Gasteiger partial charge on any atom is 0.318 e. The lowest BCUT2D eigenvalue weighted by atomic mass is 10.2. The summed E-state index contributed by atoms with van der Waals surface area (Å²) in [5.41, 5.74) is 0. The van der Waals surface area contributed by atoms with Crippen molar-refractivity contribution in [1.29, 1.82) is 0 Å². The molecule has 1 N–H and O–H groups in total. The molecule has 4 heteroatoms. The molecule has 0 aromatic carbocycles. The standard InChI is InChI=1S/C10H22N2O.FH/c1-7(2)11-10(13)12(8(3)4)9(5)6;/h7-9H,1-6H3,(H,11,13);1H. The Kier molecular flexibility index (Phi) is 7.41. The topological polar surface area (TPSA) is 32.3 Å². The zero-order chi connectivity index (χ0) is 10.6. The summed E-state index contributed by atoms with van der Waals surface area (Å²) in [4.78, 5) is 13.5. The third-order valence-corrected chi connectivity index (χ3v) is 1.76. The monoisotopic (exact) mass is 206 g/mol. The number of hydrogen-bond donors (Lipinski definition) is 1. The van der Waals surface area contributed by atoms with Gasteiger partial charge in [0.05, 0.1) is 0 Å². The van der Waals surface area contributed by atoms with Crippen LogP contribution in [0.3, 0.4) is 0 Å². The van der Waals surface area contributed by atoms with Gasteiger partial charge < -0.3 is 10.2 Å². The molecule has 0 rings (SSSR count). The van der Waals surface area contributed by atoms with E-state index in [4.69, 9.17) is 0 Å². The molecule has 0 aliphatic heterocycles. The fraction of sp³-hybridized carbons (Fsp3) is 0.900. The first-order valence-electron chi connectivity index (χ1n) is 4.95. The Morgan fingerprint density at radius 2 is 1.36 bits per heavy atom. The summed E-state index contributed by atoms with van der Waals surface area (Å²) in [5.74, 6) is 0. The number of carbonyl (C=O) groups excluding carboxylic acids is 1. The van der Waals surface area contributed by atoms with E-state index in [1.54, 1.807) is 0 Å². The second kappa shape index (κ2) is 6.62. The lowest BCUT2D eigenvalue weighted by molar-refractivity contribution is 0.163. The lowest BCUT2D eigenvalue weighted by Crippen LogP contribution is -2.49. The Morgan fingerprint density at radius 3 is 1.57 bits per heavy atom. The van der Waals surface area contributed by atoms with E-state index in [0.717, 1.165) is 0 Å². The number of halogens is 1. The maximum absolute atomic E-state index is 11.7. The molecular weight excluding hydrogens is 183 g/mol. The van der Waals surface area contributed by atoms with E-state index in [-0.39, 0.29) is 28.9 Å². The minimum Gasteiger partial charge on any atom is -0.336 e. The van der Waals surface area contributed by atoms with Gasteiger partial charge in [0.2, 0.25) is 0 Å². The molecule has 0 radical (unpaired) electrons. The smallest absolute Gasteiger partial charge is 0.318 e. The van der Waals surface area contributed by atoms with Gasteiger partial charge in [-0.25, -0.2) is 4.79 Å². The molecule has 0 heterocycles. The lowest BCUT2D eigenvalue weighted by Gasteiger charge is -2.31. The van der Waals surface area contributed by atoms with Crippen LogP contribution < -0.4 is 5.32 Å². The predicted octanol–water partition coefficient (Wildman–Crippen LogP) is 2.38. The number of amides is 2. The number of urea groups is 1. The molecule has 3 nitrogen and oxygen atoms in total. The normalized spacial score (nSPS) is 10.4. The molecule has 0 aliphatic rings. The Bertz CT molecular complexity index is 162. The van der Waals surface area contributed by atoms with Crippen molar-refractivity contribution in [2.45, 2.75) is 59.7 Å². The van der Waals surface area contributed by atoms with Gasteiger partial charge in [-0.1, -0.05) is 0 Å². The predicted molar refractivity (Wildman–Crippen MR) is 58.3 cm³/mol. The fourth-order valence-corrected chi connectivity index (χ4v) is 1.39. The van der Waals surface area contributed by atoms with E-state index in [2.05, 4.69) is 5.32 Å². The first-order chi connectivity index (χ1) is 5.86. The van der Waals surface area contributed by atoms with E-state index in [1.807, 2.05) is 46.4 Å². The van der Waals surface area contributed by atoms with Crippen LogP contribution in [0.15, 0.2) is 0 Å². The van der Waals surface area contributed by atoms with Crippen molar-refractivity contribution in [3.05, 3.63) is 0 Å². The molecular formula is C10H23FN2O. The van der Waals surface area contributed by atoms with Crippen LogP contribution in [-0.4, -0.2) is 29.1 Å². The molecule has 0 unspecified atom stereocenters. The Labute approximate surface area is 86.2 Å². The van der Waals surface area contributed by atoms with Crippen molar-refractivity contribution < 1.29 is 9.50 Å². The molecule has 86 valence electrons. The van der Waals surface area contributed by atoms with Crippen molar-refractivity contribution in [1.82, 2.24) is 10.2 Å². The minimum absolute atomic E-state index is 0. The van der Waals surface area contributed by atoms with Crippen molar-refractivity contribution in [3.63, 3.8) is 0 Å². The summed E-state index contributed by atoms with van der Waals surface area (Å²) in [7, 11) is 0. The van der Waals surface area contributed by atoms with Gasteiger partial charge >= 0.3 is 6.03 Å². The summed E-state index contributed by atoms with van der Waals surface area (Å²) >= 11 is 0. The highest BCUT2D eigenvalue weighted by Crippen LogP contribution is 2.05. The summed E-state index contributed by atoms with van der Waals surface area (Å²) in [6, 6.07) is 0.727. The Morgan fingerprint density at radius 1 is 1.00 bits per heavy atom. The molecule has 0 aliphatic carbocycles. The van der Waals surface area contributed by atoms with Crippen LogP contribution in [0, 0.1) is 0 Å². The number of carbonyl (C=O) groups is 1. The number of nitrogens with one attached hydrogen (secondary N) is 1. The van der Waals surface area contributed by atoms with Crippen LogP contribution in [0.25, 0.3) is 0 Å². The molecule has 0 aromatic rings. The molecule has 0 aromatic heterocycles. The van der Waals surface area contributed by atoms with Crippen LogP contribution in [0.1, 0.15) is 41.5 Å². The quantitative estimate of drug-likeness (QED) is 0.755. The van der Waals surface area contributed by atoms with Crippen LogP contribution in [0.2, 0.25) is 0 Å². The second-order valence-corrected chi connectivity index (χ2v) is 4.20. The molecule has 0 spiro atoms. The SMILES string of the molecule is CC(C)NC(=O)N(C(C)C)C(C)C.F. The molecule has 0 bridgehead atoms. The molecule has 0 atom stereocenters. The number of rotatable bonds is 3. The van der Waals surface area contributed by atoms with Gasteiger partial charge in [0.1, 0.15) is 0 Å². The van der Waals surface area contributed by atoms with Gasteiger partial charge in [-0.15, -0.1) is 0 Å². The molecule has 0 saturated carbocycles. The first-order valence-corrected chi connectivity index (χ1v) is 4.95. The Balaban J connectivity index is 0. The van der Waals surface area contributed by atoms with E-state index in [0.29, 0.717) is 0 Å². The maximum atomic E-state index is 11.7. The zero-order valence-corrected chi connectivity index (χ0v) is 10.00. The molecule has 2 amide bonds. The minimum atomic E-state index is 0.